The summed E-state index contributed by atoms with van der Waals surface area (Å²) in [5, 5.41) is 1.45. The molecule has 0 saturated carbocycles. The molecule has 0 saturated heterocycles. The molecule has 0 radical (unpaired) electrons. The van der Waals surface area contributed by atoms with E-state index in [1.807, 2.05) is 73.7 Å². The summed E-state index contributed by atoms with van der Waals surface area (Å²) < 4.78 is 0. The minimum absolute atomic E-state index is 0.0513. The molecule has 0 aliphatic heterocycles. The van der Waals surface area contributed by atoms with Crippen LogP contribution in [0.25, 0.3) is 0 Å². The summed E-state index contributed by atoms with van der Waals surface area (Å²) in [6.45, 7) is 1.99. The third kappa shape index (κ3) is 6.14. The number of carbonyl (C=O) groups is 1. The summed E-state index contributed by atoms with van der Waals surface area (Å²) in [5.41, 5.74) is 2.42. The van der Waals surface area contributed by atoms with Crippen LogP contribution in [0.15, 0.2) is 146 Å². The number of ketones is 1. The topological polar surface area (TPSA) is 17.1 Å². The molecule has 5 aromatic carbocycles. The Morgan fingerprint density at radius 1 is 0.622 bits per heavy atom. The van der Waals surface area contributed by atoms with Crippen molar-refractivity contribution in [2.75, 3.05) is 0 Å². The molecule has 0 bridgehead atoms. The molecule has 0 amide bonds. The van der Waals surface area contributed by atoms with E-state index in [-0.39, 0.29) is 16.7 Å². The van der Waals surface area contributed by atoms with E-state index < -0.39 is 0 Å². The standard InChI is InChI=1S/C32H23Cl2OS2/c1-22-21-27(13-20-31(22)32(35)23-5-3-2-4-6-23)36-26-11-18-30(19-12-26)37(28-14-7-24(33)8-15-28)29-16-9-25(34)10-17-29/h2-21H,1H3/q+1. The van der Waals surface area contributed by atoms with E-state index in [2.05, 4.69) is 54.6 Å². The SMILES string of the molecule is Cc1cc(Sc2ccc([S+](c3ccc(Cl)cc3)c3ccc(Cl)cc3)cc2)ccc1C(=O)c1ccccc1. The zero-order chi connectivity index (χ0) is 25.8. The Bertz CT molecular complexity index is 1470. The molecule has 0 fully saturated rings. The molecule has 5 aromatic rings. The van der Waals surface area contributed by atoms with Crippen molar-refractivity contribution in [1.29, 1.82) is 0 Å². The van der Waals surface area contributed by atoms with Gasteiger partial charge in [0.2, 0.25) is 0 Å². The zero-order valence-corrected chi connectivity index (χ0v) is 23.2. The number of benzene rings is 5. The normalized spacial score (nSPS) is 11.0. The summed E-state index contributed by atoms with van der Waals surface area (Å²) in [7, 11) is -0.280. The van der Waals surface area contributed by atoms with E-state index in [9.17, 15) is 4.79 Å². The second-order valence-electron chi connectivity index (χ2n) is 8.46. The lowest BCUT2D eigenvalue weighted by atomic mass is 9.99. The van der Waals surface area contributed by atoms with Gasteiger partial charge in [0.1, 0.15) is 0 Å². The van der Waals surface area contributed by atoms with Gasteiger partial charge in [0.05, 0.1) is 10.9 Å². The molecular formula is C32H23Cl2OS2+. The average molecular weight is 559 g/mol. The zero-order valence-electron chi connectivity index (χ0n) is 20.0. The molecule has 0 unspecified atom stereocenters. The maximum Gasteiger partial charge on any atom is 0.193 e. The molecule has 0 atom stereocenters. The number of hydrogen-bond acceptors (Lipinski definition) is 2. The molecular weight excluding hydrogens is 535 g/mol. The van der Waals surface area contributed by atoms with Gasteiger partial charge < -0.3 is 0 Å². The maximum atomic E-state index is 12.9. The van der Waals surface area contributed by atoms with E-state index in [1.165, 1.54) is 14.7 Å². The second kappa shape index (κ2) is 11.6. The average Bonchev–Trinajstić information content (AvgIpc) is 2.92. The van der Waals surface area contributed by atoms with E-state index in [4.69, 9.17) is 23.2 Å². The first kappa shape index (κ1) is 25.7. The number of rotatable bonds is 7. The molecule has 5 rings (SSSR count). The van der Waals surface area contributed by atoms with Crippen LogP contribution in [0.4, 0.5) is 0 Å². The Kier molecular flexibility index (Phi) is 8.07. The molecule has 0 aliphatic carbocycles. The predicted octanol–water partition coefficient (Wildman–Crippen LogP) is 9.78. The van der Waals surface area contributed by atoms with Crippen molar-refractivity contribution < 1.29 is 4.79 Å². The van der Waals surface area contributed by atoms with Crippen molar-refractivity contribution >= 4 is 51.6 Å². The minimum Gasteiger partial charge on any atom is -0.289 e. The van der Waals surface area contributed by atoms with Gasteiger partial charge in [-0.3, -0.25) is 4.79 Å². The molecule has 1 nitrogen and oxygen atoms in total. The Morgan fingerprint density at radius 2 is 1.11 bits per heavy atom. The number of hydrogen-bond donors (Lipinski definition) is 0. The molecule has 0 heterocycles. The van der Waals surface area contributed by atoms with Crippen LogP contribution < -0.4 is 0 Å². The second-order valence-corrected chi connectivity index (χ2v) is 12.5. The number of aryl methyl sites for hydroxylation is 1. The fraction of sp³-hybridized carbons (Fsp3) is 0.0312. The summed E-state index contributed by atoms with van der Waals surface area (Å²) in [5.74, 6) is 0.0513. The Morgan fingerprint density at radius 3 is 1.62 bits per heavy atom. The van der Waals surface area contributed by atoms with Crippen molar-refractivity contribution in [1.82, 2.24) is 0 Å². The van der Waals surface area contributed by atoms with Gasteiger partial charge >= 0.3 is 0 Å². The van der Waals surface area contributed by atoms with Crippen LogP contribution in [-0.2, 0) is 10.9 Å². The van der Waals surface area contributed by atoms with Crippen molar-refractivity contribution in [2.45, 2.75) is 31.4 Å². The number of carbonyl (C=O) groups excluding carboxylic acids is 1. The van der Waals surface area contributed by atoms with Gasteiger partial charge in [0.15, 0.2) is 20.5 Å². The van der Waals surface area contributed by atoms with Crippen LogP contribution in [0.3, 0.4) is 0 Å². The van der Waals surface area contributed by atoms with Crippen molar-refractivity contribution in [3.63, 3.8) is 0 Å². The van der Waals surface area contributed by atoms with Gasteiger partial charge in [0.25, 0.3) is 0 Å². The molecule has 0 spiro atoms. The van der Waals surface area contributed by atoms with Crippen LogP contribution in [0.5, 0.6) is 0 Å². The Hall–Kier alpha value is -2.95. The fourth-order valence-corrected chi connectivity index (χ4v) is 7.24. The molecule has 0 aromatic heterocycles. The third-order valence-electron chi connectivity index (χ3n) is 5.87. The highest BCUT2D eigenvalue weighted by molar-refractivity contribution is 7.99. The Labute approximate surface area is 234 Å². The van der Waals surface area contributed by atoms with Crippen molar-refractivity contribution in [2.24, 2.45) is 0 Å². The first-order chi connectivity index (χ1) is 18.0. The molecule has 37 heavy (non-hydrogen) atoms. The van der Waals surface area contributed by atoms with Crippen LogP contribution >= 0.6 is 35.0 Å². The quantitative estimate of drug-likeness (QED) is 0.146. The monoisotopic (exact) mass is 557 g/mol. The van der Waals surface area contributed by atoms with Crippen LogP contribution in [0, 0.1) is 6.92 Å². The molecule has 0 N–H and O–H groups in total. The summed E-state index contributed by atoms with van der Waals surface area (Å²) in [6, 6.07) is 40.2. The minimum atomic E-state index is -0.280. The van der Waals surface area contributed by atoms with E-state index in [0.717, 1.165) is 31.0 Å². The largest absolute Gasteiger partial charge is 0.289 e. The third-order valence-corrected chi connectivity index (χ3v) is 9.60. The van der Waals surface area contributed by atoms with Crippen LogP contribution in [0.1, 0.15) is 21.5 Å². The lowest BCUT2D eigenvalue weighted by Gasteiger charge is -2.10. The Balaban J connectivity index is 1.38. The van der Waals surface area contributed by atoms with Gasteiger partial charge in [-0.2, -0.15) is 0 Å². The van der Waals surface area contributed by atoms with Crippen LogP contribution in [0.2, 0.25) is 10.0 Å². The van der Waals surface area contributed by atoms with Crippen molar-refractivity contribution in [3.05, 3.63) is 148 Å². The van der Waals surface area contributed by atoms with Crippen molar-refractivity contribution in [3.8, 4) is 0 Å². The highest BCUT2D eigenvalue weighted by Gasteiger charge is 2.28. The van der Waals surface area contributed by atoms with E-state index >= 15 is 0 Å². The van der Waals surface area contributed by atoms with Gasteiger partial charge in [-0.25, -0.2) is 0 Å². The molecule has 182 valence electrons. The first-order valence-electron chi connectivity index (χ1n) is 11.7. The number of halogens is 2. The van der Waals surface area contributed by atoms with E-state index in [0.29, 0.717) is 5.56 Å². The lowest BCUT2D eigenvalue weighted by Crippen LogP contribution is -2.04. The molecule has 0 aliphatic rings. The predicted molar refractivity (Wildman–Crippen MR) is 157 cm³/mol. The fourth-order valence-electron chi connectivity index (χ4n) is 4.03. The highest BCUT2D eigenvalue weighted by atomic mass is 35.5. The molecule has 5 heteroatoms. The summed E-state index contributed by atoms with van der Waals surface area (Å²) in [6.07, 6.45) is 0. The first-order valence-corrected chi connectivity index (χ1v) is 14.5. The van der Waals surface area contributed by atoms with Crippen LogP contribution in [-0.4, -0.2) is 5.78 Å². The van der Waals surface area contributed by atoms with Gasteiger partial charge in [0, 0.05) is 31.0 Å². The summed E-state index contributed by atoms with van der Waals surface area (Å²) in [4.78, 5) is 18.7. The smallest absolute Gasteiger partial charge is 0.193 e. The highest BCUT2D eigenvalue weighted by Crippen LogP contribution is 2.35. The van der Waals surface area contributed by atoms with E-state index in [1.54, 1.807) is 11.8 Å². The lowest BCUT2D eigenvalue weighted by molar-refractivity contribution is 0.103. The summed E-state index contributed by atoms with van der Waals surface area (Å²) >= 11 is 14.0. The maximum absolute atomic E-state index is 12.9. The van der Waals surface area contributed by atoms with Gasteiger partial charge in [-0.15, -0.1) is 0 Å². The van der Waals surface area contributed by atoms with Gasteiger partial charge in [-0.05, 0) is 103 Å². The van der Waals surface area contributed by atoms with Gasteiger partial charge in [-0.1, -0.05) is 65.3 Å².